The molecule has 5 heteroatoms. The van der Waals surface area contributed by atoms with Crippen LogP contribution in [-0.4, -0.2) is 41.3 Å². The molecule has 1 aromatic rings. The molecule has 2 N–H and O–H groups in total. The number of nitrogens with zero attached hydrogens (tertiary/aromatic N) is 1. The Bertz CT molecular complexity index is 469. The molecule has 0 saturated carbocycles. The van der Waals surface area contributed by atoms with Crippen LogP contribution in [0.1, 0.15) is 40.5 Å². The summed E-state index contributed by atoms with van der Waals surface area (Å²) < 4.78 is 5.71. The summed E-state index contributed by atoms with van der Waals surface area (Å²) in [5, 5.41) is 12.7. The molecule has 0 saturated heterocycles. The van der Waals surface area contributed by atoms with Crippen LogP contribution >= 0.6 is 0 Å². The van der Waals surface area contributed by atoms with E-state index in [4.69, 9.17) is 4.74 Å². The molecule has 0 fully saturated rings. The van der Waals surface area contributed by atoms with Crippen LogP contribution < -0.4 is 10.1 Å². The molecular weight excluding hydrogens is 280 g/mol. The van der Waals surface area contributed by atoms with E-state index in [9.17, 15) is 9.90 Å². The maximum Gasteiger partial charge on any atom is 0.322 e. The predicted molar refractivity (Wildman–Crippen MR) is 89.4 cm³/mol. The zero-order chi connectivity index (χ0) is 16.6. The van der Waals surface area contributed by atoms with Gasteiger partial charge >= 0.3 is 6.03 Å². The minimum Gasteiger partial charge on any atom is -0.491 e. The lowest BCUT2D eigenvalue weighted by Gasteiger charge is -2.28. The highest BCUT2D eigenvalue weighted by Gasteiger charge is 2.21. The second kappa shape index (κ2) is 8.63. The molecule has 22 heavy (non-hydrogen) atoms. The third-order valence-corrected chi connectivity index (χ3v) is 3.13. The topological polar surface area (TPSA) is 61.8 Å². The van der Waals surface area contributed by atoms with Gasteiger partial charge in [0.15, 0.2) is 0 Å². The van der Waals surface area contributed by atoms with Gasteiger partial charge in [0.2, 0.25) is 0 Å². The molecule has 0 aromatic heterocycles. The van der Waals surface area contributed by atoms with Crippen molar-refractivity contribution < 1.29 is 14.6 Å². The molecule has 0 aliphatic rings. The van der Waals surface area contributed by atoms with Crippen molar-refractivity contribution in [2.45, 2.75) is 46.1 Å². The van der Waals surface area contributed by atoms with Gasteiger partial charge in [0.05, 0.1) is 24.4 Å². The van der Waals surface area contributed by atoms with Gasteiger partial charge in [-0.05, 0) is 39.3 Å². The zero-order valence-electron chi connectivity index (χ0n) is 14.1. The zero-order valence-corrected chi connectivity index (χ0v) is 14.1. The first kappa shape index (κ1) is 18.3. The molecule has 0 radical (unpaired) electrons. The van der Waals surface area contributed by atoms with Gasteiger partial charge in [0, 0.05) is 6.54 Å². The second-order valence-electron chi connectivity index (χ2n) is 5.95. The number of carbonyl (C=O) groups excluding carboxylic acids is 1. The first-order valence-corrected chi connectivity index (χ1v) is 7.87. The van der Waals surface area contributed by atoms with Crippen LogP contribution in [0.4, 0.5) is 10.5 Å². The Hall–Kier alpha value is -1.75. The van der Waals surface area contributed by atoms with Crippen LogP contribution in [0, 0.1) is 0 Å². The fourth-order valence-electron chi connectivity index (χ4n) is 2.01. The number of benzene rings is 1. The van der Waals surface area contributed by atoms with Crippen molar-refractivity contribution >= 4 is 11.7 Å². The summed E-state index contributed by atoms with van der Waals surface area (Å²) >= 11 is 0. The minimum atomic E-state index is -0.926. The number of nitrogens with one attached hydrogen (secondary N) is 1. The first-order chi connectivity index (χ1) is 10.4. The molecule has 0 bridgehead atoms. The number of likely N-dealkylation sites (N-methyl/N-ethyl adjacent to an activating group) is 1. The third kappa shape index (κ3) is 6.35. The monoisotopic (exact) mass is 308 g/mol. The quantitative estimate of drug-likeness (QED) is 0.723. The predicted octanol–water partition coefficient (Wildman–Crippen LogP) is 3.49. The summed E-state index contributed by atoms with van der Waals surface area (Å²) in [4.78, 5) is 13.9. The Morgan fingerprint density at radius 1 is 1.32 bits per heavy atom. The van der Waals surface area contributed by atoms with Crippen LogP contribution in [0.5, 0.6) is 5.75 Å². The van der Waals surface area contributed by atoms with E-state index >= 15 is 0 Å². The number of para-hydroxylation sites is 2. The smallest absolute Gasteiger partial charge is 0.322 e. The fourth-order valence-corrected chi connectivity index (χ4v) is 2.01. The molecule has 1 aromatic carbocycles. The summed E-state index contributed by atoms with van der Waals surface area (Å²) in [5.41, 5.74) is -0.275. The highest BCUT2D eigenvalue weighted by atomic mass is 16.5. The molecule has 124 valence electrons. The standard InChI is InChI=1S/C17H28N2O3/c1-5-7-12-22-15-11-9-8-10-14(15)18-16(20)19(6-2)13-17(3,4)21/h8-11,21H,5-7,12-13H2,1-4H3,(H,18,20). The van der Waals surface area contributed by atoms with Crippen molar-refractivity contribution in [2.24, 2.45) is 0 Å². The van der Waals surface area contributed by atoms with E-state index in [1.54, 1.807) is 18.7 Å². The second-order valence-corrected chi connectivity index (χ2v) is 5.95. The average molecular weight is 308 g/mol. The van der Waals surface area contributed by atoms with Gasteiger partial charge in [-0.25, -0.2) is 4.79 Å². The van der Waals surface area contributed by atoms with Gasteiger partial charge < -0.3 is 20.1 Å². The molecule has 0 aliphatic heterocycles. The van der Waals surface area contributed by atoms with Gasteiger partial charge in [-0.2, -0.15) is 0 Å². The summed E-state index contributed by atoms with van der Waals surface area (Å²) in [6, 6.07) is 7.16. The number of hydrogen-bond acceptors (Lipinski definition) is 3. The summed E-state index contributed by atoms with van der Waals surface area (Å²) in [5.74, 6) is 0.670. The van der Waals surface area contributed by atoms with E-state index in [1.807, 2.05) is 31.2 Å². The molecule has 1 rings (SSSR count). The normalized spacial score (nSPS) is 11.1. The van der Waals surface area contributed by atoms with Crippen molar-refractivity contribution in [3.8, 4) is 5.75 Å². The maximum absolute atomic E-state index is 12.4. The van der Waals surface area contributed by atoms with Crippen molar-refractivity contribution in [1.82, 2.24) is 4.90 Å². The number of hydrogen-bond donors (Lipinski definition) is 2. The number of rotatable bonds is 8. The van der Waals surface area contributed by atoms with E-state index in [0.717, 1.165) is 12.8 Å². The Morgan fingerprint density at radius 3 is 2.59 bits per heavy atom. The van der Waals surface area contributed by atoms with Crippen molar-refractivity contribution in [3.63, 3.8) is 0 Å². The SMILES string of the molecule is CCCCOc1ccccc1NC(=O)N(CC)CC(C)(C)O. The van der Waals surface area contributed by atoms with Gasteiger partial charge in [-0.15, -0.1) is 0 Å². The molecule has 5 nitrogen and oxygen atoms in total. The minimum absolute atomic E-state index is 0.240. The number of aliphatic hydroxyl groups is 1. The van der Waals surface area contributed by atoms with Gasteiger partial charge in [0.25, 0.3) is 0 Å². The van der Waals surface area contributed by atoms with E-state index in [1.165, 1.54) is 0 Å². The van der Waals surface area contributed by atoms with E-state index < -0.39 is 5.60 Å². The van der Waals surface area contributed by atoms with Crippen molar-refractivity contribution in [2.75, 3.05) is 25.0 Å². The lowest BCUT2D eigenvalue weighted by atomic mass is 10.1. The van der Waals surface area contributed by atoms with E-state index in [0.29, 0.717) is 24.6 Å². The Labute approximate surface area is 133 Å². The molecular formula is C17H28N2O3. The number of carbonyl (C=O) groups is 1. The van der Waals surface area contributed by atoms with Crippen LogP contribution in [0.25, 0.3) is 0 Å². The number of anilines is 1. The summed E-state index contributed by atoms with van der Waals surface area (Å²) in [6.45, 7) is 8.78. The molecule has 0 atom stereocenters. The Balaban J connectivity index is 2.74. The fraction of sp³-hybridized carbons (Fsp3) is 0.588. The molecule has 2 amide bonds. The Morgan fingerprint density at radius 2 is 2.00 bits per heavy atom. The summed E-state index contributed by atoms with van der Waals surface area (Å²) in [7, 11) is 0. The number of ether oxygens (including phenoxy) is 1. The van der Waals surface area contributed by atoms with Crippen LogP contribution in [0.3, 0.4) is 0 Å². The number of amides is 2. The largest absolute Gasteiger partial charge is 0.491 e. The van der Waals surface area contributed by atoms with Crippen molar-refractivity contribution in [3.05, 3.63) is 24.3 Å². The van der Waals surface area contributed by atoms with Crippen molar-refractivity contribution in [1.29, 1.82) is 0 Å². The Kier molecular flexibility index (Phi) is 7.18. The van der Waals surface area contributed by atoms with E-state index in [-0.39, 0.29) is 12.6 Å². The average Bonchev–Trinajstić information content (AvgIpc) is 2.45. The van der Waals surface area contributed by atoms with Crippen LogP contribution in [0.2, 0.25) is 0 Å². The van der Waals surface area contributed by atoms with Crippen LogP contribution in [-0.2, 0) is 0 Å². The molecule has 0 heterocycles. The highest BCUT2D eigenvalue weighted by molar-refractivity contribution is 5.91. The molecule has 0 unspecified atom stereocenters. The summed E-state index contributed by atoms with van der Waals surface area (Å²) in [6.07, 6.45) is 2.03. The maximum atomic E-state index is 12.4. The van der Waals surface area contributed by atoms with E-state index in [2.05, 4.69) is 12.2 Å². The lowest BCUT2D eigenvalue weighted by molar-refractivity contribution is 0.0501. The molecule has 0 spiro atoms. The number of unbranched alkanes of at least 4 members (excludes halogenated alkanes) is 1. The van der Waals surface area contributed by atoms with Gasteiger partial charge in [-0.3, -0.25) is 0 Å². The van der Waals surface area contributed by atoms with Crippen LogP contribution in [0.15, 0.2) is 24.3 Å². The van der Waals surface area contributed by atoms with Gasteiger partial charge in [-0.1, -0.05) is 25.5 Å². The number of urea groups is 1. The molecule has 0 aliphatic carbocycles. The van der Waals surface area contributed by atoms with Gasteiger partial charge in [0.1, 0.15) is 5.75 Å². The lowest BCUT2D eigenvalue weighted by Crippen LogP contribution is -2.44. The third-order valence-electron chi connectivity index (χ3n) is 3.13. The first-order valence-electron chi connectivity index (χ1n) is 7.87. The highest BCUT2D eigenvalue weighted by Crippen LogP contribution is 2.24.